The van der Waals surface area contributed by atoms with Gasteiger partial charge < -0.3 is 4.74 Å². The molecule has 3 rings (SSSR count). The predicted molar refractivity (Wildman–Crippen MR) is 94.5 cm³/mol. The van der Waals surface area contributed by atoms with E-state index in [4.69, 9.17) is 4.74 Å². The SMILES string of the molecule is O=C(OCCNS(=O)(=O)c1ccccc1)C1(c2ccc(F)cc2)CCC1. The largest absolute Gasteiger partial charge is 0.464 e. The molecule has 0 amide bonds. The number of ether oxygens (including phenoxy) is 1. The van der Waals surface area contributed by atoms with E-state index in [0.29, 0.717) is 12.8 Å². The van der Waals surface area contributed by atoms with Gasteiger partial charge in [-0.3, -0.25) is 4.79 Å². The third kappa shape index (κ3) is 3.78. The normalized spacial score (nSPS) is 15.9. The highest BCUT2D eigenvalue weighted by atomic mass is 32.2. The summed E-state index contributed by atoms with van der Waals surface area (Å²) in [6.45, 7) is -0.0731. The van der Waals surface area contributed by atoms with E-state index in [1.165, 1.54) is 24.3 Å². The van der Waals surface area contributed by atoms with E-state index in [2.05, 4.69) is 4.72 Å². The molecular weight excluding hydrogens is 357 g/mol. The second kappa shape index (κ2) is 7.55. The van der Waals surface area contributed by atoms with E-state index in [0.717, 1.165) is 12.0 Å². The number of sulfonamides is 1. The highest BCUT2D eigenvalue weighted by Crippen LogP contribution is 2.44. The van der Waals surface area contributed by atoms with Crippen LogP contribution >= 0.6 is 0 Å². The molecule has 0 aliphatic heterocycles. The Morgan fingerprint density at radius 3 is 2.31 bits per heavy atom. The zero-order valence-corrected chi connectivity index (χ0v) is 15.0. The van der Waals surface area contributed by atoms with E-state index >= 15 is 0 Å². The molecular formula is C19H20FNO4S. The molecule has 0 bridgehead atoms. The van der Waals surface area contributed by atoms with Crippen molar-refractivity contribution in [3.63, 3.8) is 0 Å². The Morgan fingerprint density at radius 1 is 1.08 bits per heavy atom. The molecule has 1 saturated carbocycles. The Bertz CT molecular complexity index is 862. The summed E-state index contributed by atoms with van der Waals surface area (Å²) in [5.74, 6) is -0.749. The van der Waals surface area contributed by atoms with Crippen LogP contribution in [0.2, 0.25) is 0 Å². The van der Waals surface area contributed by atoms with Crippen LogP contribution in [0.3, 0.4) is 0 Å². The second-order valence-corrected chi connectivity index (χ2v) is 8.06. The van der Waals surface area contributed by atoms with Crippen LogP contribution in [0.1, 0.15) is 24.8 Å². The minimum atomic E-state index is -3.63. The molecule has 1 aliphatic rings. The molecule has 7 heteroatoms. The van der Waals surface area contributed by atoms with Crippen LogP contribution in [0.5, 0.6) is 0 Å². The van der Waals surface area contributed by atoms with Gasteiger partial charge in [0.25, 0.3) is 0 Å². The number of carbonyl (C=O) groups is 1. The predicted octanol–water partition coefficient (Wildman–Crippen LogP) is 2.77. The topological polar surface area (TPSA) is 72.5 Å². The summed E-state index contributed by atoms with van der Waals surface area (Å²) in [5.41, 5.74) is -0.00792. The highest BCUT2D eigenvalue weighted by Gasteiger charge is 2.47. The summed E-state index contributed by atoms with van der Waals surface area (Å²) >= 11 is 0. The van der Waals surface area contributed by atoms with Crippen molar-refractivity contribution < 1.29 is 22.3 Å². The minimum absolute atomic E-state index is 0.0114. The maximum absolute atomic E-state index is 13.1. The van der Waals surface area contributed by atoms with Gasteiger partial charge in [-0.05, 0) is 42.7 Å². The van der Waals surface area contributed by atoms with E-state index in [9.17, 15) is 17.6 Å². The third-order valence-electron chi connectivity index (χ3n) is 4.68. The first-order chi connectivity index (χ1) is 12.4. The number of hydrogen-bond donors (Lipinski definition) is 1. The average molecular weight is 377 g/mol. The van der Waals surface area contributed by atoms with Crippen LogP contribution in [0, 0.1) is 5.82 Å². The fourth-order valence-corrected chi connectivity index (χ4v) is 4.08. The summed E-state index contributed by atoms with van der Waals surface area (Å²) in [6, 6.07) is 13.9. The van der Waals surface area contributed by atoms with Gasteiger partial charge in [0.15, 0.2) is 0 Å². The molecule has 138 valence electrons. The lowest BCUT2D eigenvalue weighted by Crippen LogP contribution is -2.44. The van der Waals surface area contributed by atoms with Crippen LogP contribution in [-0.2, 0) is 25.0 Å². The van der Waals surface area contributed by atoms with Crippen LogP contribution in [0.15, 0.2) is 59.5 Å². The van der Waals surface area contributed by atoms with Crippen LogP contribution < -0.4 is 4.72 Å². The van der Waals surface area contributed by atoms with E-state index in [1.807, 2.05) is 0 Å². The van der Waals surface area contributed by atoms with Crippen molar-refractivity contribution in [2.75, 3.05) is 13.2 Å². The van der Waals surface area contributed by atoms with Gasteiger partial charge >= 0.3 is 5.97 Å². The molecule has 0 radical (unpaired) electrons. The number of esters is 1. The van der Waals surface area contributed by atoms with Crippen molar-refractivity contribution in [3.05, 3.63) is 66.0 Å². The molecule has 1 N–H and O–H groups in total. The Kier molecular flexibility index (Phi) is 5.38. The molecule has 1 aliphatic carbocycles. The number of nitrogens with one attached hydrogen (secondary N) is 1. The lowest BCUT2D eigenvalue weighted by atomic mass is 9.64. The quantitative estimate of drug-likeness (QED) is 0.595. The molecule has 0 unspecified atom stereocenters. The monoisotopic (exact) mass is 377 g/mol. The number of carbonyl (C=O) groups excluding carboxylic acids is 1. The Labute approximate surface area is 152 Å². The molecule has 0 spiro atoms. The molecule has 0 atom stereocenters. The number of rotatable bonds is 7. The Morgan fingerprint density at radius 2 is 1.73 bits per heavy atom. The minimum Gasteiger partial charge on any atom is -0.464 e. The molecule has 2 aromatic rings. The van der Waals surface area contributed by atoms with E-state index < -0.39 is 21.4 Å². The first-order valence-electron chi connectivity index (χ1n) is 8.42. The average Bonchev–Trinajstić information content (AvgIpc) is 2.60. The number of hydrogen-bond acceptors (Lipinski definition) is 4. The second-order valence-electron chi connectivity index (χ2n) is 6.29. The first-order valence-corrected chi connectivity index (χ1v) is 9.90. The summed E-state index contributed by atoms with van der Waals surface area (Å²) < 4.78 is 45.0. The highest BCUT2D eigenvalue weighted by molar-refractivity contribution is 7.89. The molecule has 0 aromatic heterocycles. The van der Waals surface area contributed by atoms with Crippen molar-refractivity contribution in [1.29, 1.82) is 0 Å². The first kappa shape index (κ1) is 18.5. The fourth-order valence-electron chi connectivity index (χ4n) is 3.05. The maximum atomic E-state index is 13.1. The maximum Gasteiger partial charge on any atom is 0.316 e. The zero-order chi connectivity index (χ0) is 18.6. The lowest BCUT2D eigenvalue weighted by molar-refractivity contribution is -0.154. The third-order valence-corrected chi connectivity index (χ3v) is 6.15. The van der Waals surface area contributed by atoms with Gasteiger partial charge in [-0.15, -0.1) is 0 Å². The van der Waals surface area contributed by atoms with E-state index in [-0.39, 0.29) is 23.9 Å². The molecule has 26 heavy (non-hydrogen) atoms. The Balaban J connectivity index is 1.56. The number of halogens is 1. The molecule has 1 fully saturated rings. The lowest BCUT2D eigenvalue weighted by Gasteiger charge is -2.39. The van der Waals surface area contributed by atoms with Crippen molar-refractivity contribution in [2.45, 2.75) is 29.6 Å². The summed E-state index contributed by atoms with van der Waals surface area (Å²) in [5, 5.41) is 0. The van der Waals surface area contributed by atoms with Gasteiger partial charge in [-0.2, -0.15) is 0 Å². The van der Waals surface area contributed by atoms with Gasteiger partial charge in [-0.1, -0.05) is 36.8 Å². The van der Waals surface area contributed by atoms with Crippen molar-refractivity contribution in [1.82, 2.24) is 4.72 Å². The van der Waals surface area contributed by atoms with Gasteiger partial charge in [0.1, 0.15) is 12.4 Å². The standard InChI is InChI=1S/C19H20FNO4S/c20-16-9-7-15(8-10-16)19(11-4-12-19)18(22)25-14-13-21-26(23,24)17-5-2-1-3-6-17/h1-3,5-10,21H,4,11-14H2. The summed E-state index contributed by atoms with van der Waals surface area (Å²) in [7, 11) is -3.63. The van der Waals surface area contributed by atoms with Crippen molar-refractivity contribution in [3.8, 4) is 0 Å². The molecule has 5 nitrogen and oxygen atoms in total. The van der Waals surface area contributed by atoms with Gasteiger partial charge in [0.05, 0.1) is 10.3 Å². The fraction of sp³-hybridized carbons (Fsp3) is 0.316. The van der Waals surface area contributed by atoms with Crippen LogP contribution in [-0.4, -0.2) is 27.5 Å². The van der Waals surface area contributed by atoms with Crippen LogP contribution in [0.25, 0.3) is 0 Å². The van der Waals surface area contributed by atoms with Crippen LogP contribution in [0.4, 0.5) is 4.39 Å². The number of benzene rings is 2. The van der Waals surface area contributed by atoms with Gasteiger partial charge in [0.2, 0.25) is 10.0 Å². The molecule has 2 aromatic carbocycles. The summed E-state index contributed by atoms with van der Waals surface area (Å²) in [6.07, 6.45) is 2.19. The summed E-state index contributed by atoms with van der Waals surface area (Å²) in [4.78, 5) is 12.7. The van der Waals surface area contributed by atoms with Gasteiger partial charge in [-0.25, -0.2) is 17.5 Å². The smallest absolute Gasteiger partial charge is 0.316 e. The molecule has 0 heterocycles. The zero-order valence-electron chi connectivity index (χ0n) is 14.2. The van der Waals surface area contributed by atoms with Gasteiger partial charge in [0, 0.05) is 6.54 Å². The van der Waals surface area contributed by atoms with Crippen molar-refractivity contribution in [2.24, 2.45) is 0 Å². The van der Waals surface area contributed by atoms with E-state index in [1.54, 1.807) is 30.3 Å². The Hall–Kier alpha value is -2.25. The van der Waals surface area contributed by atoms with Crippen molar-refractivity contribution >= 4 is 16.0 Å². The molecule has 0 saturated heterocycles.